The van der Waals surface area contributed by atoms with Crippen molar-refractivity contribution in [1.82, 2.24) is 10.2 Å². The van der Waals surface area contributed by atoms with Crippen molar-refractivity contribution in [1.29, 1.82) is 0 Å². The molecule has 0 amide bonds. The number of fused-ring (bicyclic) bond motifs is 1. The molecule has 0 radical (unpaired) electrons. The lowest BCUT2D eigenvalue weighted by atomic mass is 9.69. The van der Waals surface area contributed by atoms with E-state index < -0.39 is 0 Å². The van der Waals surface area contributed by atoms with Crippen LogP contribution in [0.2, 0.25) is 0 Å². The second-order valence-electron chi connectivity index (χ2n) is 7.44. The third kappa shape index (κ3) is 2.57. The molecule has 5 heteroatoms. The molecule has 4 nitrogen and oxygen atoms in total. The van der Waals surface area contributed by atoms with E-state index in [4.69, 9.17) is 0 Å². The maximum atomic E-state index is 9.58. The lowest BCUT2D eigenvalue weighted by molar-refractivity contribution is 0.305. The van der Waals surface area contributed by atoms with Gasteiger partial charge < -0.3 is 5.21 Å². The normalized spacial score (nSPS) is 22.4. The summed E-state index contributed by atoms with van der Waals surface area (Å²) in [5.74, 6) is 0.327. The summed E-state index contributed by atoms with van der Waals surface area (Å²) in [6.07, 6.45) is 8.62. The van der Waals surface area contributed by atoms with Gasteiger partial charge in [0.25, 0.3) is 0 Å². The Bertz CT molecular complexity index is 1000. The molecule has 2 aromatic heterocycles. The Balaban J connectivity index is 1.60. The Labute approximate surface area is 162 Å². The van der Waals surface area contributed by atoms with Gasteiger partial charge in [-0.2, -0.15) is 16.4 Å². The predicted molar refractivity (Wildman–Crippen MR) is 109 cm³/mol. The highest BCUT2D eigenvalue weighted by atomic mass is 32.1. The highest BCUT2D eigenvalue weighted by Crippen LogP contribution is 2.43. The minimum absolute atomic E-state index is 0.203. The van der Waals surface area contributed by atoms with Crippen LogP contribution in [0.15, 0.2) is 58.4 Å². The van der Waals surface area contributed by atoms with Crippen LogP contribution >= 0.6 is 11.3 Å². The highest BCUT2D eigenvalue weighted by Gasteiger charge is 2.38. The first-order valence-corrected chi connectivity index (χ1v) is 10.3. The molecule has 1 unspecified atom stereocenters. The van der Waals surface area contributed by atoms with E-state index >= 15 is 0 Å². The molecule has 1 atom stereocenters. The number of nitrogens with zero attached hydrogens (tertiary/aromatic N) is 2. The summed E-state index contributed by atoms with van der Waals surface area (Å²) >= 11 is 1.72. The minimum atomic E-state index is -0.203. The molecule has 1 aromatic carbocycles. The van der Waals surface area contributed by atoms with Gasteiger partial charge in [0.1, 0.15) is 11.4 Å². The molecule has 5 rings (SSSR count). The first-order valence-electron chi connectivity index (χ1n) is 9.39. The predicted octanol–water partition coefficient (Wildman–Crippen LogP) is 5.01. The standard InChI is InChI=1S/C22H21N3OS/c26-25-20(15-5-4-6-15)21-18-9-11-22(13-19(18)23-24-21,17-10-12-27-14-17)16-7-2-1-3-8-16/h1-3,7-12,14-15,26H,4-6,13H2,(H,23,24). The number of rotatable bonds is 4. The number of allylic oxidation sites excluding steroid dienone is 1. The van der Waals surface area contributed by atoms with Gasteiger partial charge >= 0.3 is 0 Å². The fraction of sp³-hybridized carbons (Fsp3) is 0.273. The molecule has 2 aliphatic carbocycles. The Morgan fingerprint density at radius 1 is 1.19 bits per heavy atom. The van der Waals surface area contributed by atoms with Crippen molar-refractivity contribution in [2.24, 2.45) is 11.1 Å². The van der Waals surface area contributed by atoms with Crippen LogP contribution < -0.4 is 0 Å². The average molecular weight is 375 g/mol. The van der Waals surface area contributed by atoms with Crippen LogP contribution in [0.3, 0.4) is 0 Å². The van der Waals surface area contributed by atoms with Crippen LogP contribution in [0.25, 0.3) is 6.08 Å². The zero-order valence-electron chi connectivity index (χ0n) is 14.9. The second kappa shape index (κ2) is 6.50. The number of aromatic nitrogens is 2. The van der Waals surface area contributed by atoms with Crippen molar-refractivity contribution in [3.63, 3.8) is 0 Å². The van der Waals surface area contributed by atoms with E-state index in [1.807, 2.05) is 0 Å². The molecular formula is C22H21N3OS. The summed E-state index contributed by atoms with van der Waals surface area (Å²) in [4.78, 5) is 0. The number of H-pyrrole nitrogens is 1. The number of nitrogens with one attached hydrogen (secondary N) is 1. The number of aromatic amines is 1. The Hall–Kier alpha value is -2.66. The molecule has 27 heavy (non-hydrogen) atoms. The Morgan fingerprint density at radius 3 is 2.70 bits per heavy atom. The van der Waals surface area contributed by atoms with Crippen molar-refractivity contribution in [3.8, 4) is 0 Å². The largest absolute Gasteiger partial charge is 0.411 e. The number of hydrogen-bond acceptors (Lipinski definition) is 4. The van der Waals surface area contributed by atoms with Crippen molar-refractivity contribution >= 4 is 23.1 Å². The van der Waals surface area contributed by atoms with Crippen molar-refractivity contribution in [3.05, 3.63) is 81.3 Å². The van der Waals surface area contributed by atoms with E-state index in [1.165, 1.54) is 17.5 Å². The Morgan fingerprint density at radius 2 is 2.04 bits per heavy atom. The third-order valence-electron chi connectivity index (χ3n) is 6.04. The fourth-order valence-electron chi connectivity index (χ4n) is 4.28. The molecule has 3 aromatic rings. The van der Waals surface area contributed by atoms with Gasteiger partial charge in [0, 0.05) is 29.0 Å². The summed E-state index contributed by atoms with van der Waals surface area (Å²) in [5, 5.41) is 25.3. The topological polar surface area (TPSA) is 61.3 Å². The van der Waals surface area contributed by atoms with Gasteiger partial charge in [0.15, 0.2) is 0 Å². The number of oxime groups is 1. The van der Waals surface area contributed by atoms with Crippen LogP contribution in [0.1, 0.15) is 47.3 Å². The van der Waals surface area contributed by atoms with Gasteiger partial charge in [-0.15, -0.1) is 0 Å². The van der Waals surface area contributed by atoms with Gasteiger partial charge in [-0.1, -0.05) is 54.1 Å². The van der Waals surface area contributed by atoms with Gasteiger partial charge in [-0.3, -0.25) is 5.10 Å². The maximum Gasteiger partial charge on any atom is 0.117 e. The maximum absolute atomic E-state index is 9.58. The SMILES string of the molecule is ON=C(c1n[nH]c2c1C=CC(c1ccccc1)(c1ccsc1)C2)C1CCC1. The molecule has 136 valence electrons. The van der Waals surface area contributed by atoms with E-state index in [1.54, 1.807) is 11.3 Å². The van der Waals surface area contributed by atoms with Crippen molar-refractivity contribution in [2.45, 2.75) is 31.1 Å². The molecule has 2 heterocycles. The average Bonchev–Trinajstić information content (AvgIpc) is 3.35. The first kappa shape index (κ1) is 16.5. The van der Waals surface area contributed by atoms with E-state index in [2.05, 4.69) is 74.7 Å². The summed E-state index contributed by atoms with van der Waals surface area (Å²) in [6.45, 7) is 0. The second-order valence-corrected chi connectivity index (χ2v) is 8.22. The molecule has 0 aliphatic heterocycles. The van der Waals surface area contributed by atoms with E-state index in [-0.39, 0.29) is 5.41 Å². The van der Waals surface area contributed by atoms with E-state index in [0.29, 0.717) is 5.92 Å². The lowest BCUT2D eigenvalue weighted by Crippen LogP contribution is -2.30. The van der Waals surface area contributed by atoms with Gasteiger partial charge in [-0.05, 0) is 40.8 Å². The lowest BCUT2D eigenvalue weighted by Gasteiger charge is -2.33. The quantitative estimate of drug-likeness (QED) is 0.383. The monoisotopic (exact) mass is 375 g/mol. The number of hydrogen-bond donors (Lipinski definition) is 2. The minimum Gasteiger partial charge on any atom is -0.411 e. The molecule has 2 aliphatic rings. The number of benzene rings is 1. The van der Waals surface area contributed by atoms with Gasteiger partial charge in [0.05, 0.1) is 0 Å². The van der Waals surface area contributed by atoms with Crippen LogP contribution in [0, 0.1) is 5.92 Å². The molecule has 0 saturated heterocycles. The molecule has 2 N–H and O–H groups in total. The van der Waals surface area contributed by atoms with E-state index in [9.17, 15) is 5.21 Å². The van der Waals surface area contributed by atoms with E-state index in [0.717, 1.165) is 41.9 Å². The van der Waals surface area contributed by atoms with Gasteiger partial charge in [0.2, 0.25) is 0 Å². The van der Waals surface area contributed by atoms with Crippen LogP contribution in [0.5, 0.6) is 0 Å². The summed E-state index contributed by atoms with van der Waals surface area (Å²) in [7, 11) is 0. The zero-order chi connectivity index (χ0) is 18.3. The van der Waals surface area contributed by atoms with Gasteiger partial charge in [-0.25, -0.2) is 0 Å². The fourth-order valence-corrected chi connectivity index (χ4v) is 5.02. The molecular weight excluding hydrogens is 354 g/mol. The summed E-state index contributed by atoms with van der Waals surface area (Å²) in [6, 6.07) is 12.8. The smallest absolute Gasteiger partial charge is 0.117 e. The van der Waals surface area contributed by atoms with Crippen LogP contribution in [-0.2, 0) is 11.8 Å². The van der Waals surface area contributed by atoms with Crippen molar-refractivity contribution in [2.75, 3.05) is 0 Å². The molecule has 0 spiro atoms. The number of thiophene rings is 1. The van der Waals surface area contributed by atoms with Crippen LogP contribution in [0.4, 0.5) is 0 Å². The summed E-state index contributed by atoms with van der Waals surface area (Å²) in [5.41, 5.74) is 6.07. The molecule has 1 fully saturated rings. The molecule has 0 bridgehead atoms. The summed E-state index contributed by atoms with van der Waals surface area (Å²) < 4.78 is 0. The molecule has 1 saturated carbocycles. The highest BCUT2D eigenvalue weighted by molar-refractivity contribution is 7.08. The van der Waals surface area contributed by atoms with Crippen LogP contribution in [-0.4, -0.2) is 21.1 Å². The Kier molecular flexibility index (Phi) is 3.97. The third-order valence-corrected chi connectivity index (χ3v) is 6.72. The zero-order valence-corrected chi connectivity index (χ0v) is 15.7. The first-order chi connectivity index (χ1) is 13.3. The van der Waals surface area contributed by atoms with Crippen molar-refractivity contribution < 1.29 is 5.21 Å².